The second kappa shape index (κ2) is 3.45. The van der Waals surface area contributed by atoms with Gasteiger partial charge in [-0.3, -0.25) is 9.90 Å². The highest BCUT2D eigenvalue weighted by Gasteiger charge is 2.28. The largest absolute Gasteiger partial charge is 0.368 e. The molecular weight excluding hydrogens is 198 g/mol. The van der Waals surface area contributed by atoms with Crippen LogP contribution in [0.3, 0.4) is 0 Å². The molecule has 0 unspecified atom stereocenters. The Kier molecular flexibility index (Phi) is 2.13. The number of amides is 1. The predicted molar refractivity (Wildman–Crippen MR) is 48.8 cm³/mol. The molecule has 2 rings (SSSR count). The Labute approximate surface area is 84.9 Å². The Bertz CT molecular complexity index is 446. The van der Waals surface area contributed by atoms with Crippen LogP contribution in [-0.4, -0.2) is 11.9 Å². The van der Waals surface area contributed by atoms with E-state index in [0.29, 0.717) is 0 Å². The highest BCUT2D eigenvalue weighted by molar-refractivity contribution is 6.22. The van der Waals surface area contributed by atoms with Gasteiger partial charge in [-0.1, -0.05) is 18.2 Å². The van der Waals surface area contributed by atoms with E-state index in [0.717, 1.165) is 0 Å². The van der Waals surface area contributed by atoms with E-state index in [2.05, 4.69) is 4.84 Å². The van der Waals surface area contributed by atoms with Crippen LogP contribution in [0.4, 0.5) is 0 Å². The van der Waals surface area contributed by atoms with Gasteiger partial charge in [-0.2, -0.15) is 5.48 Å². The van der Waals surface area contributed by atoms with Crippen molar-refractivity contribution in [3.05, 3.63) is 35.4 Å². The molecule has 5 heteroatoms. The van der Waals surface area contributed by atoms with E-state index in [4.69, 9.17) is 0 Å². The molecule has 1 aromatic carbocycles. The van der Waals surface area contributed by atoms with E-state index in [1.54, 1.807) is 12.1 Å². The number of hydrogen-bond acceptors (Lipinski definition) is 3. The molecular formula is C10H6NO4. The van der Waals surface area contributed by atoms with Crippen LogP contribution in [0.15, 0.2) is 29.8 Å². The van der Waals surface area contributed by atoms with Crippen molar-refractivity contribution in [2.75, 3.05) is 0 Å². The first kappa shape index (κ1) is 9.26. The molecule has 1 fully saturated rings. The van der Waals surface area contributed by atoms with Crippen molar-refractivity contribution >= 4 is 18.0 Å². The molecule has 5 nitrogen and oxygen atoms in total. The third-order valence-electron chi connectivity index (χ3n) is 1.92. The number of nitrogens with one attached hydrogen (secondary N) is 1. The lowest BCUT2D eigenvalue weighted by molar-refractivity contribution is -0.143. The zero-order valence-corrected chi connectivity index (χ0v) is 7.52. The molecule has 0 saturated carbocycles. The standard InChI is InChI=1S/C10H6NO4/c12-8-4-2-1-3-6(8)5-7-9(13)11-15-10(7)14/h1-5H,(H,11,13)/b7-5+. The second-order valence-corrected chi connectivity index (χ2v) is 2.92. The molecule has 1 aliphatic rings. The Morgan fingerprint density at radius 1 is 1.20 bits per heavy atom. The molecule has 1 N–H and O–H groups in total. The van der Waals surface area contributed by atoms with Gasteiger partial charge in [-0.15, -0.1) is 0 Å². The van der Waals surface area contributed by atoms with E-state index in [1.807, 2.05) is 5.48 Å². The number of carbonyl (C=O) groups is 2. The summed E-state index contributed by atoms with van der Waals surface area (Å²) in [6.07, 6.45) is 1.22. The molecule has 1 aliphatic heterocycles. The summed E-state index contributed by atoms with van der Waals surface area (Å²) in [4.78, 5) is 26.4. The van der Waals surface area contributed by atoms with Gasteiger partial charge in [0.25, 0.3) is 5.91 Å². The molecule has 15 heavy (non-hydrogen) atoms. The van der Waals surface area contributed by atoms with Crippen LogP contribution in [0, 0.1) is 0 Å². The van der Waals surface area contributed by atoms with Crippen molar-refractivity contribution in [3.8, 4) is 5.75 Å². The fraction of sp³-hybridized carbons (Fsp3) is 0. The predicted octanol–water partition coefficient (Wildman–Crippen LogP) is 0.802. The average Bonchev–Trinajstić information content (AvgIpc) is 2.53. The van der Waals surface area contributed by atoms with Crippen LogP contribution in [0.1, 0.15) is 5.56 Å². The van der Waals surface area contributed by atoms with E-state index >= 15 is 0 Å². The van der Waals surface area contributed by atoms with E-state index in [-0.39, 0.29) is 16.9 Å². The molecule has 0 aromatic heterocycles. The summed E-state index contributed by atoms with van der Waals surface area (Å²) in [6, 6.07) is 6.10. The summed E-state index contributed by atoms with van der Waals surface area (Å²) in [5.41, 5.74) is 2.01. The Hall–Kier alpha value is -2.30. The summed E-state index contributed by atoms with van der Waals surface area (Å²) in [5, 5.41) is 11.3. The summed E-state index contributed by atoms with van der Waals surface area (Å²) in [6.45, 7) is 0. The van der Waals surface area contributed by atoms with Crippen molar-refractivity contribution in [1.29, 1.82) is 0 Å². The van der Waals surface area contributed by atoms with Crippen LogP contribution in [0.2, 0.25) is 0 Å². The van der Waals surface area contributed by atoms with E-state index < -0.39 is 11.9 Å². The lowest BCUT2D eigenvalue weighted by Gasteiger charge is -1.94. The minimum atomic E-state index is -0.775. The first-order valence-electron chi connectivity index (χ1n) is 4.18. The third-order valence-corrected chi connectivity index (χ3v) is 1.92. The molecule has 1 heterocycles. The van der Waals surface area contributed by atoms with Gasteiger partial charge >= 0.3 is 5.97 Å². The number of para-hydroxylation sites is 1. The number of rotatable bonds is 1. The SMILES string of the molecule is [O]c1ccccc1/C=C1\C(=O)NOC1=O. The van der Waals surface area contributed by atoms with Gasteiger partial charge in [-0.05, 0) is 12.1 Å². The smallest absolute Gasteiger partial charge is 0.335 e. The van der Waals surface area contributed by atoms with Crippen molar-refractivity contribution in [2.24, 2.45) is 0 Å². The van der Waals surface area contributed by atoms with Crippen molar-refractivity contribution < 1.29 is 19.5 Å². The summed E-state index contributed by atoms with van der Waals surface area (Å²) >= 11 is 0. The van der Waals surface area contributed by atoms with Crippen LogP contribution in [0.25, 0.3) is 6.08 Å². The van der Waals surface area contributed by atoms with Gasteiger partial charge in [0.05, 0.1) is 0 Å². The highest BCUT2D eigenvalue weighted by Crippen LogP contribution is 2.21. The minimum Gasteiger partial charge on any atom is -0.335 e. The van der Waals surface area contributed by atoms with E-state index in [9.17, 15) is 14.7 Å². The first-order chi connectivity index (χ1) is 7.18. The van der Waals surface area contributed by atoms with Gasteiger partial charge in [0.1, 0.15) is 5.57 Å². The van der Waals surface area contributed by atoms with Gasteiger partial charge in [0.15, 0.2) is 5.75 Å². The summed E-state index contributed by atoms with van der Waals surface area (Å²) in [7, 11) is 0. The van der Waals surface area contributed by atoms with Crippen molar-refractivity contribution in [3.63, 3.8) is 0 Å². The molecule has 0 bridgehead atoms. The molecule has 1 amide bonds. The number of hydrogen-bond donors (Lipinski definition) is 1. The topological polar surface area (TPSA) is 75.3 Å². The maximum Gasteiger partial charge on any atom is 0.368 e. The second-order valence-electron chi connectivity index (χ2n) is 2.92. The molecule has 1 saturated heterocycles. The zero-order chi connectivity index (χ0) is 10.8. The van der Waals surface area contributed by atoms with Crippen LogP contribution in [0.5, 0.6) is 5.75 Å². The van der Waals surface area contributed by atoms with Gasteiger partial charge in [-0.25, -0.2) is 4.79 Å². The lowest BCUT2D eigenvalue weighted by Crippen LogP contribution is -2.12. The number of carbonyl (C=O) groups excluding carboxylic acids is 2. The maximum absolute atomic E-state index is 11.3. The molecule has 0 atom stereocenters. The molecule has 0 spiro atoms. The fourth-order valence-corrected chi connectivity index (χ4v) is 1.18. The maximum atomic E-state index is 11.3. The van der Waals surface area contributed by atoms with Gasteiger partial charge in [0.2, 0.25) is 0 Å². The van der Waals surface area contributed by atoms with Crippen LogP contribution < -0.4 is 5.48 Å². The fourth-order valence-electron chi connectivity index (χ4n) is 1.18. The minimum absolute atomic E-state index is 0.168. The Morgan fingerprint density at radius 3 is 2.53 bits per heavy atom. The summed E-state index contributed by atoms with van der Waals surface area (Å²) in [5.74, 6) is -1.66. The molecule has 1 aromatic rings. The monoisotopic (exact) mass is 204 g/mol. The number of benzene rings is 1. The third kappa shape index (κ3) is 1.67. The van der Waals surface area contributed by atoms with E-state index in [1.165, 1.54) is 18.2 Å². The Morgan fingerprint density at radius 2 is 1.93 bits per heavy atom. The normalized spacial score (nSPS) is 17.7. The van der Waals surface area contributed by atoms with Crippen LogP contribution >= 0.6 is 0 Å². The van der Waals surface area contributed by atoms with Crippen LogP contribution in [-0.2, 0) is 19.5 Å². The van der Waals surface area contributed by atoms with Crippen molar-refractivity contribution in [1.82, 2.24) is 5.48 Å². The first-order valence-corrected chi connectivity index (χ1v) is 4.18. The molecule has 0 aliphatic carbocycles. The Balaban J connectivity index is 2.42. The average molecular weight is 204 g/mol. The molecule has 1 radical (unpaired) electrons. The number of hydroxylamine groups is 1. The van der Waals surface area contributed by atoms with Gasteiger partial charge in [0, 0.05) is 5.56 Å². The zero-order valence-electron chi connectivity index (χ0n) is 7.52. The lowest BCUT2D eigenvalue weighted by atomic mass is 10.1. The summed E-state index contributed by atoms with van der Waals surface area (Å²) < 4.78 is 0. The van der Waals surface area contributed by atoms with Crippen molar-refractivity contribution in [2.45, 2.75) is 0 Å². The molecule has 75 valence electrons. The highest BCUT2D eigenvalue weighted by atomic mass is 16.7. The quantitative estimate of drug-likeness (QED) is 0.543. The van der Waals surface area contributed by atoms with Gasteiger partial charge < -0.3 is 4.84 Å².